The van der Waals surface area contributed by atoms with E-state index in [4.69, 9.17) is 5.41 Å². The van der Waals surface area contributed by atoms with Crippen molar-refractivity contribution in [2.24, 2.45) is 0 Å². The predicted molar refractivity (Wildman–Crippen MR) is 92.8 cm³/mol. The highest BCUT2D eigenvalue weighted by molar-refractivity contribution is 6.05. The van der Waals surface area contributed by atoms with Gasteiger partial charge in [0.15, 0.2) is 5.96 Å². The van der Waals surface area contributed by atoms with Crippen molar-refractivity contribution in [2.75, 3.05) is 16.8 Å². The quantitative estimate of drug-likeness (QED) is 0.519. The van der Waals surface area contributed by atoms with Crippen LogP contribution in [0.2, 0.25) is 0 Å². The van der Waals surface area contributed by atoms with Gasteiger partial charge in [-0.1, -0.05) is 48.5 Å². The van der Waals surface area contributed by atoms with Crippen molar-refractivity contribution in [2.45, 2.75) is 6.42 Å². The highest BCUT2D eigenvalue weighted by Crippen LogP contribution is 2.28. The molecule has 0 aromatic heterocycles. The Kier molecular flexibility index (Phi) is 3.04. The van der Waals surface area contributed by atoms with Gasteiger partial charge in [-0.15, -0.1) is 0 Å². The van der Waals surface area contributed by atoms with Crippen LogP contribution in [-0.4, -0.2) is 12.5 Å². The molecular weight excluding hydrogens is 270 g/mol. The molecule has 0 spiro atoms. The number of rotatable bonds is 1. The first-order chi connectivity index (χ1) is 10.8. The number of hydrogen-bond donors (Lipinski definition) is 2. The minimum Gasteiger partial charge on any atom is -0.326 e. The summed E-state index contributed by atoms with van der Waals surface area (Å²) in [5.74, 6) is 0.431. The van der Waals surface area contributed by atoms with Gasteiger partial charge >= 0.3 is 0 Å². The van der Waals surface area contributed by atoms with Gasteiger partial charge in [0.05, 0.1) is 0 Å². The Balaban J connectivity index is 1.59. The Morgan fingerprint density at radius 2 is 1.68 bits per heavy atom. The summed E-state index contributed by atoms with van der Waals surface area (Å²) in [5.41, 5.74) is 3.40. The summed E-state index contributed by atoms with van der Waals surface area (Å²) in [6, 6.07) is 22.8. The van der Waals surface area contributed by atoms with Gasteiger partial charge in [0.2, 0.25) is 0 Å². The lowest BCUT2D eigenvalue weighted by Crippen LogP contribution is -2.34. The molecule has 4 rings (SSSR count). The Morgan fingerprint density at radius 3 is 2.59 bits per heavy atom. The van der Waals surface area contributed by atoms with E-state index in [0.29, 0.717) is 5.96 Å². The third-order valence-electron chi connectivity index (χ3n) is 4.17. The summed E-state index contributed by atoms with van der Waals surface area (Å²) in [5, 5.41) is 14.0. The van der Waals surface area contributed by atoms with Crippen LogP contribution < -0.4 is 10.2 Å². The van der Waals surface area contributed by atoms with Crippen LogP contribution in [0.4, 0.5) is 11.4 Å². The number of para-hydroxylation sites is 1. The molecule has 0 unspecified atom stereocenters. The summed E-state index contributed by atoms with van der Waals surface area (Å²) in [4.78, 5) is 2.03. The smallest absolute Gasteiger partial charge is 0.200 e. The van der Waals surface area contributed by atoms with Crippen LogP contribution in [0, 0.1) is 5.41 Å². The van der Waals surface area contributed by atoms with E-state index < -0.39 is 0 Å². The van der Waals surface area contributed by atoms with E-state index in [9.17, 15) is 0 Å². The first-order valence-corrected chi connectivity index (χ1v) is 7.51. The highest BCUT2D eigenvalue weighted by atomic mass is 15.3. The second kappa shape index (κ2) is 5.19. The zero-order valence-corrected chi connectivity index (χ0v) is 12.2. The van der Waals surface area contributed by atoms with Crippen molar-refractivity contribution < 1.29 is 0 Å². The fraction of sp³-hybridized carbons (Fsp3) is 0.105. The number of nitrogens with one attached hydrogen (secondary N) is 2. The Bertz CT molecular complexity index is 854. The lowest BCUT2D eigenvalue weighted by molar-refractivity contribution is 1.01. The number of benzene rings is 3. The number of nitrogens with zero attached hydrogens (tertiary/aromatic N) is 1. The molecule has 3 heteroatoms. The van der Waals surface area contributed by atoms with E-state index in [1.165, 1.54) is 16.3 Å². The Morgan fingerprint density at radius 1 is 0.909 bits per heavy atom. The average Bonchev–Trinajstić information content (AvgIpc) is 2.99. The third-order valence-corrected chi connectivity index (χ3v) is 4.17. The SMILES string of the molecule is N=C(Nc1ccc2ccccc2c1)N1CCc2ccccc21. The molecule has 2 N–H and O–H groups in total. The van der Waals surface area contributed by atoms with Gasteiger partial charge in [-0.2, -0.15) is 0 Å². The molecule has 0 aliphatic carbocycles. The van der Waals surface area contributed by atoms with Crippen molar-refractivity contribution >= 4 is 28.1 Å². The molecule has 1 heterocycles. The second-order valence-electron chi connectivity index (χ2n) is 5.57. The average molecular weight is 287 g/mol. The summed E-state index contributed by atoms with van der Waals surface area (Å²) in [7, 11) is 0. The maximum absolute atomic E-state index is 8.38. The summed E-state index contributed by atoms with van der Waals surface area (Å²) < 4.78 is 0. The predicted octanol–water partition coefficient (Wildman–Crippen LogP) is 4.25. The summed E-state index contributed by atoms with van der Waals surface area (Å²) in [6.07, 6.45) is 0.998. The van der Waals surface area contributed by atoms with Crippen molar-refractivity contribution in [1.82, 2.24) is 0 Å². The van der Waals surface area contributed by atoms with Crippen LogP contribution in [0.1, 0.15) is 5.56 Å². The lowest BCUT2D eigenvalue weighted by Gasteiger charge is -2.21. The van der Waals surface area contributed by atoms with Crippen LogP contribution >= 0.6 is 0 Å². The van der Waals surface area contributed by atoms with Gasteiger partial charge in [0.1, 0.15) is 0 Å². The van der Waals surface area contributed by atoms with Gasteiger partial charge < -0.3 is 10.2 Å². The van der Waals surface area contributed by atoms with Gasteiger partial charge in [0.25, 0.3) is 0 Å². The van der Waals surface area contributed by atoms with Crippen LogP contribution in [0.25, 0.3) is 10.8 Å². The monoisotopic (exact) mass is 287 g/mol. The number of hydrogen-bond acceptors (Lipinski definition) is 1. The molecule has 0 radical (unpaired) electrons. The molecule has 0 saturated carbocycles. The van der Waals surface area contributed by atoms with Gasteiger partial charge in [-0.05, 0) is 41.0 Å². The topological polar surface area (TPSA) is 39.1 Å². The number of guanidine groups is 1. The van der Waals surface area contributed by atoms with Gasteiger partial charge in [0, 0.05) is 17.9 Å². The minimum absolute atomic E-state index is 0.431. The standard InChI is InChI=1S/C19H17N3/c20-19(22-12-11-15-6-3-4-8-18(15)22)21-17-10-9-14-5-1-2-7-16(14)13-17/h1-10,13H,11-12H2,(H2,20,21). The Labute approximate surface area is 129 Å². The van der Waals surface area contributed by atoms with E-state index in [-0.39, 0.29) is 0 Å². The van der Waals surface area contributed by atoms with Gasteiger partial charge in [-0.3, -0.25) is 5.41 Å². The zero-order chi connectivity index (χ0) is 14.9. The molecule has 1 aliphatic heterocycles. The van der Waals surface area contributed by atoms with E-state index in [1.54, 1.807) is 0 Å². The van der Waals surface area contributed by atoms with Crippen LogP contribution in [0.15, 0.2) is 66.7 Å². The first-order valence-electron chi connectivity index (χ1n) is 7.51. The third kappa shape index (κ3) is 2.21. The fourth-order valence-electron chi connectivity index (χ4n) is 3.04. The molecule has 0 atom stereocenters. The molecule has 0 bridgehead atoms. The van der Waals surface area contributed by atoms with Crippen molar-refractivity contribution in [3.63, 3.8) is 0 Å². The lowest BCUT2D eigenvalue weighted by atomic mass is 10.1. The van der Waals surface area contributed by atoms with Crippen molar-refractivity contribution in [3.05, 3.63) is 72.3 Å². The molecule has 22 heavy (non-hydrogen) atoms. The number of fused-ring (bicyclic) bond motifs is 2. The maximum atomic E-state index is 8.38. The molecule has 1 aliphatic rings. The summed E-state index contributed by atoms with van der Waals surface area (Å²) in [6.45, 7) is 0.860. The fourth-order valence-corrected chi connectivity index (χ4v) is 3.04. The molecule has 3 aromatic carbocycles. The van der Waals surface area contributed by atoms with E-state index in [1.807, 2.05) is 29.2 Å². The molecule has 3 nitrogen and oxygen atoms in total. The van der Waals surface area contributed by atoms with Crippen LogP contribution in [-0.2, 0) is 6.42 Å². The minimum atomic E-state index is 0.431. The van der Waals surface area contributed by atoms with Crippen LogP contribution in [0.3, 0.4) is 0 Å². The maximum Gasteiger partial charge on any atom is 0.200 e. The summed E-state index contributed by atoms with van der Waals surface area (Å²) >= 11 is 0. The molecule has 0 saturated heterocycles. The normalized spacial score (nSPS) is 13.2. The zero-order valence-electron chi connectivity index (χ0n) is 12.2. The Hall–Kier alpha value is -2.81. The van der Waals surface area contributed by atoms with Gasteiger partial charge in [-0.25, -0.2) is 0 Å². The van der Waals surface area contributed by atoms with E-state index in [0.717, 1.165) is 24.3 Å². The highest BCUT2D eigenvalue weighted by Gasteiger charge is 2.21. The molecular formula is C19H17N3. The number of anilines is 2. The second-order valence-corrected chi connectivity index (χ2v) is 5.57. The molecule has 3 aromatic rings. The first kappa shape index (κ1) is 12.9. The molecule has 0 amide bonds. The van der Waals surface area contributed by atoms with Crippen molar-refractivity contribution in [1.29, 1.82) is 5.41 Å². The molecule has 108 valence electrons. The molecule has 0 fully saturated rings. The van der Waals surface area contributed by atoms with E-state index >= 15 is 0 Å². The largest absolute Gasteiger partial charge is 0.326 e. The van der Waals surface area contributed by atoms with Crippen LogP contribution in [0.5, 0.6) is 0 Å². The van der Waals surface area contributed by atoms with Crippen molar-refractivity contribution in [3.8, 4) is 0 Å². The van der Waals surface area contributed by atoms with E-state index in [2.05, 4.69) is 47.8 Å².